The van der Waals surface area contributed by atoms with E-state index in [1.807, 2.05) is 0 Å². The number of anilines is 1. The molecule has 2 atom stereocenters. The summed E-state index contributed by atoms with van der Waals surface area (Å²) in [5.41, 5.74) is 1.08. The molecule has 1 aliphatic heterocycles. The molecule has 4 rings (SSSR count). The van der Waals surface area contributed by atoms with Gasteiger partial charge in [0.05, 0.1) is 10.6 Å². The van der Waals surface area contributed by atoms with Crippen LogP contribution in [0.3, 0.4) is 0 Å². The van der Waals surface area contributed by atoms with Gasteiger partial charge in [0.25, 0.3) is 0 Å². The zero-order valence-corrected chi connectivity index (χ0v) is 17.6. The number of aryl methyl sites for hydroxylation is 1. The summed E-state index contributed by atoms with van der Waals surface area (Å²) in [6.45, 7) is 2.59. The van der Waals surface area contributed by atoms with Gasteiger partial charge in [0.2, 0.25) is 15.9 Å². The van der Waals surface area contributed by atoms with E-state index in [0.717, 1.165) is 37.8 Å². The van der Waals surface area contributed by atoms with Crippen LogP contribution in [0.1, 0.15) is 43.2 Å². The van der Waals surface area contributed by atoms with Gasteiger partial charge < -0.3 is 5.32 Å². The zero-order valence-electron chi connectivity index (χ0n) is 15.9. The molecule has 1 saturated heterocycles. The minimum absolute atomic E-state index is 0.230. The number of thiazole rings is 1. The molecule has 0 saturated carbocycles. The molecule has 1 aliphatic carbocycles. The summed E-state index contributed by atoms with van der Waals surface area (Å²) in [5.74, 6) is 0.361. The lowest BCUT2D eigenvalue weighted by molar-refractivity contribution is -0.120. The molecule has 150 valence electrons. The van der Waals surface area contributed by atoms with E-state index in [1.165, 1.54) is 20.5 Å². The molecule has 2 aliphatic rings. The van der Waals surface area contributed by atoms with Crippen molar-refractivity contribution in [3.05, 3.63) is 40.9 Å². The third-order valence-electron chi connectivity index (χ3n) is 5.52. The first-order valence-corrected chi connectivity index (χ1v) is 12.1. The number of hydrogen-bond acceptors (Lipinski definition) is 5. The van der Waals surface area contributed by atoms with Crippen LogP contribution in [0, 0.1) is 5.92 Å². The lowest BCUT2D eigenvalue weighted by Gasteiger charge is -2.33. The number of carbonyl (C=O) groups excluding carboxylic acids is 1. The molecular formula is C20H25N3O3S2. The van der Waals surface area contributed by atoms with Crippen LogP contribution in [0.15, 0.2) is 35.2 Å². The van der Waals surface area contributed by atoms with Gasteiger partial charge in [0.15, 0.2) is 5.13 Å². The number of nitrogens with one attached hydrogen (secondary N) is 1. The van der Waals surface area contributed by atoms with E-state index in [1.54, 1.807) is 30.3 Å². The third kappa shape index (κ3) is 3.86. The van der Waals surface area contributed by atoms with E-state index < -0.39 is 16.1 Å². The highest BCUT2D eigenvalue weighted by atomic mass is 32.2. The Morgan fingerprint density at radius 3 is 2.79 bits per heavy atom. The zero-order chi connectivity index (χ0) is 19.7. The van der Waals surface area contributed by atoms with E-state index >= 15 is 0 Å². The number of fused-ring (bicyclic) bond motifs is 1. The third-order valence-corrected chi connectivity index (χ3v) is 8.48. The lowest BCUT2D eigenvalue weighted by atomic mass is 9.93. The lowest BCUT2D eigenvalue weighted by Crippen LogP contribution is -2.49. The SMILES string of the molecule is C[C@@H]1CCc2nc(NC(=O)[C@@H]3CCCCN3S(=O)(=O)c3ccccc3)sc2C1. The maximum Gasteiger partial charge on any atom is 0.244 e. The first-order chi connectivity index (χ1) is 13.4. The molecule has 1 aromatic carbocycles. The second-order valence-electron chi connectivity index (χ2n) is 7.67. The van der Waals surface area contributed by atoms with Crippen molar-refractivity contribution in [2.24, 2.45) is 5.92 Å². The van der Waals surface area contributed by atoms with Crippen LogP contribution >= 0.6 is 11.3 Å². The van der Waals surface area contributed by atoms with Gasteiger partial charge in [-0.2, -0.15) is 4.31 Å². The molecule has 2 aromatic rings. The number of aromatic nitrogens is 1. The van der Waals surface area contributed by atoms with Gasteiger partial charge >= 0.3 is 0 Å². The molecule has 6 nitrogen and oxygen atoms in total. The Morgan fingerprint density at radius 1 is 1.21 bits per heavy atom. The summed E-state index contributed by atoms with van der Waals surface area (Å²) >= 11 is 1.53. The molecule has 8 heteroatoms. The minimum Gasteiger partial charge on any atom is -0.301 e. The Bertz CT molecular complexity index is 956. The number of nitrogens with zero attached hydrogens (tertiary/aromatic N) is 2. The van der Waals surface area contributed by atoms with Crippen molar-refractivity contribution in [1.82, 2.24) is 9.29 Å². The van der Waals surface area contributed by atoms with Crippen LogP contribution in [-0.2, 0) is 27.7 Å². The molecule has 0 unspecified atom stereocenters. The van der Waals surface area contributed by atoms with E-state index in [4.69, 9.17) is 0 Å². The number of carbonyl (C=O) groups is 1. The maximum absolute atomic E-state index is 13.1. The van der Waals surface area contributed by atoms with Crippen LogP contribution in [0.2, 0.25) is 0 Å². The van der Waals surface area contributed by atoms with Gasteiger partial charge in [-0.1, -0.05) is 31.5 Å². The van der Waals surface area contributed by atoms with Crippen LogP contribution in [0.4, 0.5) is 5.13 Å². The predicted molar refractivity (Wildman–Crippen MR) is 110 cm³/mol. The first kappa shape index (κ1) is 19.5. The van der Waals surface area contributed by atoms with Gasteiger partial charge in [-0.05, 0) is 50.2 Å². The Labute approximate surface area is 170 Å². The van der Waals surface area contributed by atoms with Crippen LogP contribution < -0.4 is 5.32 Å². The van der Waals surface area contributed by atoms with Crippen LogP contribution in [-0.4, -0.2) is 36.2 Å². The van der Waals surface area contributed by atoms with Crippen LogP contribution in [0.25, 0.3) is 0 Å². The van der Waals surface area contributed by atoms with Gasteiger partial charge in [-0.15, -0.1) is 11.3 Å². The average molecular weight is 420 g/mol. The fourth-order valence-electron chi connectivity index (χ4n) is 3.96. The summed E-state index contributed by atoms with van der Waals surface area (Å²) in [4.78, 5) is 19.0. The fraction of sp³-hybridized carbons (Fsp3) is 0.500. The molecular weight excluding hydrogens is 394 g/mol. The minimum atomic E-state index is -3.70. The number of piperidine rings is 1. The number of sulfonamides is 1. The summed E-state index contributed by atoms with van der Waals surface area (Å²) in [6, 6.07) is 7.65. The average Bonchev–Trinajstić information content (AvgIpc) is 3.10. The Hall–Kier alpha value is -1.77. The van der Waals surface area contributed by atoms with Crippen molar-refractivity contribution in [2.45, 2.75) is 56.4 Å². The number of rotatable bonds is 4. The highest BCUT2D eigenvalue weighted by Crippen LogP contribution is 2.33. The Morgan fingerprint density at radius 2 is 2.00 bits per heavy atom. The topological polar surface area (TPSA) is 79.4 Å². The molecule has 1 aromatic heterocycles. The van der Waals surface area contributed by atoms with Crippen molar-refractivity contribution in [3.63, 3.8) is 0 Å². The van der Waals surface area contributed by atoms with Gasteiger partial charge in [-0.3, -0.25) is 4.79 Å². The predicted octanol–water partition coefficient (Wildman–Crippen LogP) is 3.45. The molecule has 0 spiro atoms. The normalized spacial score (nSPS) is 23.2. The number of hydrogen-bond donors (Lipinski definition) is 1. The number of amides is 1. The van der Waals surface area contributed by atoms with Crippen molar-refractivity contribution in [2.75, 3.05) is 11.9 Å². The summed E-state index contributed by atoms with van der Waals surface area (Å²) < 4.78 is 27.5. The largest absolute Gasteiger partial charge is 0.301 e. The van der Waals surface area contributed by atoms with Crippen molar-refractivity contribution >= 4 is 32.4 Å². The second kappa shape index (κ2) is 7.93. The van der Waals surface area contributed by atoms with Gasteiger partial charge in [-0.25, -0.2) is 13.4 Å². The molecule has 1 amide bonds. The van der Waals surface area contributed by atoms with E-state index in [2.05, 4.69) is 17.2 Å². The molecule has 1 N–H and O–H groups in total. The molecule has 2 heterocycles. The van der Waals surface area contributed by atoms with Crippen molar-refractivity contribution < 1.29 is 13.2 Å². The summed E-state index contributed by atoms with van der Waals surface area (Å²) in [5, 5.41) is 3.49. The highest BCUT2D eigenvalue weighted by Gasteiger charge is 2.38. The Balaban J connectivity index is 1.54. The van der Waals surface area contributed by atoms with Crippen molar-refractivity contribution in [1.29, 1.82) is 0 Å². The Kier molecular flexibility index (Phi) is 5.53. The quantitative estimate of drug-likeness (QED) is 0.823. The summed E-state index contributed by atoms with van der Waals surface area (Å²) in [7, 11) is -3.70. The van der Waals surface area contributed by atoms with E-state index in [9.17, 15) is 13.2 Å². The van der Waals surface area contributed by atoms with E-state index in [0.29, 0.717) is 24.0 Å². The van der Waals surface area contributed by atoms with Crippen LogP contribution in [0.5, 0.6) is 0 Å². The molecule has 0 radical (unpaired) electrons. The summed E-state index contributed by atoms with van der Waals surface area (Å²) in [6.07, 6.45) is 5.20. The van der Waals surface area contributed by atoms with Gasteiger partial charge in [0.1, 0.15) is 6.04 Å². The van der Waals surface area contributed by atoms with Crippen molar-refractivity contribution in [3.8, 4) is 0 Å². The van der Waals surface area contributed by atoms with Gasteiger partial charge in [0, 0.05) is 11.4 Å². The molecule has 28 heavy (non-hydrogen) atoms. The highest BCUT2D eigenvalue weighted by molar-refractivity contribution is 7.89. The first-order valence-electron chi connectivity index (χ1n) is 9.81. The monoisotopic (exact) mass is 419 g/mol. The number of benzene rings is 1. The second-order valence-corrected chi connectivity index (χ2v) is 10.6. The molecule has 0 bridgehead atoms. The fourth-order valence-corrected chi connectivity index (χ4v) is 6.82. The standard InChI is InChI=1S/C20H25N3O3S2/c1-14-10-11-16-18(13-14)27-20(21-16)22-19(24)17-9-5-6-12-23(17)28(25,26)15-7-3-2-4-8-15/h2-4,7-8,14,17H,5-6,9-13H2,1H3,(H,21,22,24)/t14-,17+/m1/s1. The maximum atomic E-state index is 13.1. The van der Waals surface area contributed by atoms with E-state index in [-0.39, 0.29) is 10.8 Å². The molecule has 1 fully saturated rings. The smallest absolute Gasteiger partial charge is 0.244 e.